The van der Waals surface area contributed by atoms with Crippen molar-refractivity contribution in [3.63, 3.8) is 0 Å². The van der Waals surface area contributed by atoms with Gasteiger partial charge in [-0.25, -0.2) is 0 Å². The molecule has 0 aromatic heterocycles. The fraction of sp³-hybridized carbons (Fsp3) is 0.625. The molecule has 1 aromatic carbocycles. The van der Waals surface area contributed by atoms with Gasteiger partial charge in [0.2, 0.25) is 0 Å². The van der Waals surface area contributed by atoms with Crippen molar-refractivity contribution in [2.45, 2.75) is 38.5 Å². The summed E-state index contributed by atoms with van der Waals surface area (Å²) < 4.78 is 5.79. The largest absolute Gasteiger partial charge is 0.493 e. The third kappa shape index (κ3) is 2.39. The van der Waals surface area contributed by atoms with Gasteiger partial charge in [0, 0.05) is 18.0 Å². The molecule has 0 amide bonds. The predicted octanol–water partition coefficient (Wildman–Crippen LogP) is 3.33. The Labute approximate surface area is 110 Å². The third-order valence-electron chi connectivity index (χ3n) is 4.36. The molecule has 1 saturated carbocycles. The molecule has 1 unspecified atom stereocenters. The van der Waals surface area contributed by atoms with Crippen molar-refractivity contribution in [2.75, 3.05) is 19.7 Å². The first-order valence-corrected chi connectivity index (χ1v) is 7.25. The lowest BCUT2D eigenvalue weighted by Gasteiger charge is -2.19. The second kappa shape index (κ2) is 4.93. The second-order valence-corrected chi connectivity index (χ2v) is 5.93. The summed E-state index contributed by atoms with van der Waals surface area (Å²) in [6.07, 6.45) is 5.30. The Morgan fingerprint density at radius 3 is 2.94 bits per heavy atom. The Balaban J connectivity index is 1.61. The van der Waals surface area contributed by atoms with Crippen molar-refractivity contribution in [1.29, 1.82) is 0 Å². The maximum absolute atomic E-state index is 5.79. The van der Waals surface area contributed by atoms with Crippen LogP contribution < -0.4 is 10.1 Å². The molecular formula is C16H23NO. The molecule has 1 aromatic rings. The topological polar surface area (TPSA) is 21.3 Å². The van der Waals surface area contributed by atoms with Gasteiger partial charge in [-0.2, -0.15) is 0 Å². The van der Waals surface area contributed by atoms with E-state index in [1.807, 2.05) is 0 Å². The molecule has 1 fully saturated rings. The minimum atomic E-state index is 0.570. The van der Waals surface area contributed by atoms with Crippen LogP contribution in [0.25, 0.3) is 0 Å². The lowest BCUT2D eigenvalue weighted by atomic mass is 9.88. The molecule has 1 aliphatic heterocycles. The highest BCUT2D eigenvalue weighted by molar-refractivity contribution is 5.39. The highest BCUT2D eigenvalue weighted by atomic mass is 16.5. The molecule has 98 valence electrons. The van der Waals surface area contributed by atoms with E-state index < -0.39 is 0 Å². The van der Waals surface area contributed by atoms with Crippen LogP contribution in [0, 0.1) is 5.41 Å². The summed E-state index contributed by atoms with van der Waals surface area (Å²) in [5, 5.41) is 3.59. The van der Waals surface area contributed by atoms with Gasteiger partial charge in [-0.1, -0.05) is 25.1 Å². The van der Waals surface area contributed by atoms with Crippen LogP contribution in [-0.4, -0.2) is 19.7 Å². The van der Waals surface area contributed by atoms with Gasteiger partial charge < -0.3 is 10.1 Å². The number of rotatable bonds is 6. The van der Waals surface area contributed by atoms with Crippen molar-refractivity contribution < 1.29 is 4.74 Å². The fourth-order valence-corrected chi connectivity index (χ4v) is 3.08. The van der Waals surface area contributed by atoms with Gasteiger partial charge in [-0.05, 0) is 43.7 Å². The van der Waals surface area contributed by atoms with Crippen LogP contribution in [0.1, 0.15) is 44.1 Å². The summed E-state index contributed by atoms with van der Waals surface area (Å²) in [5.41, 5.74) is 2.00. The van der Waals surface area contributed by atoms with Crippen LogP contribution in [0.5, 0.6) is 5.75 Å². The standard InChI is InChI=1S/C16H23NO/c1-2-9-17-12-16(7-8-16)10-13-11-18-15-6-4-3-5-14(13)15/h3-6,13,17H,2,7-12H2,1H3. The van der Waals surface area contributed by atoms with E-state index in [1.165, 1.54) is 37.8 Å². The number of benzene rings is 1. The van der Waals surface area contributed by atoms with E-state index in [0.29, 0.717) is 11.3 Å². The van der Waals surface area contributed by atoms with Gasteiger partial charge in [0.15, 0.2) is 0 Å². The van der Waals surface area contributed by atoms with Crippen LogP contribution in [0.4, 0.5) is 0 Å². The lowest BCUT2D eigenvalue weighted by molar-refractivity contribution is 0.295. The van der Waals surface area contributed by atoms with E-state index in [9.17, 15) is 0 Å². The van der Waals surface area contributed by atoms with Crippen LogP contribution in [0.15, 0.2) is 24.3 Å². The first kappa shape index (κ1) is 12.0. The summed E-state index contributed by atoms with van der Waals surface area (Å²) >= 11 is 0. The van der Waals surface area contributed by atoms with Crippen LogP contribution in [0.2, 0.25) is 0 Å². The van der Waals surface area contributed by atoms with Gasteiger partial charge >= 0.3 is 0 Å². The van der Waals surface area contributed by atoms with Gasteiger partial charge in [-0.3, -0.25) is 0 Å². The third-order valence-corrected chi connectivity index (χ3v) is 4.36. The second-order valence-electron chi connectivity index (χ2n) is 5.93. The van der Waals surface area contributed by atoms with E-state index in [1.54, 1.807) is 0 Å². The van der Waals surface area contributed by atoms with Crippen molar-refractivity contribution >= 4 is 0 Å². The van der Waals surface area contributed by atoms with E-state index in [4.69, 9.17) is 4.74 Å². The highest BCUT2D eigenvalue weighted by Crippen LogP contribution is 2.53. The zero-order valence-corrected chi connectivity index (χ0v) is 11.2. The van der Waals surface area contributed by atoms with E-state index in [2.05, 4.69) is 36.5 Å². The molecule has 2 heteroatoms. The van der Waals surface area contributed by atoms with Crippen LogP contribution in [-0.2, 0) is 0 Å². The SMILES string of the molecule is CCCNCC1(CC2COc3ccccc32)CC1. The minimum Gasteiger partial charge on any atom is -0.493 e. The highest BCUT2D eigenvalue weighted by Gasteiger charge is 2.45. The smallest absolute Gasteiger partial charge is 0.122 e. The zero-order chi connectivity index (χ0) is 12.4. The summed E-state index contributed by atoms with van der Waals surface area (Å²) in [7, 11) is 0. The molecule has 2 nitrogen and oxygen atoms in total. The van der Waals surface area contributed by atoms with Gasteiger partial charge in [0.05, 0.1) is 6.61 Å². The van der Waals surface area contributed by atoms with Crippen molar-refractivity contribution in [3.8, 4) is 5.75 Å². The average molecular weight is 245 g/mol. The molecule has 1 N–H and O–H groups in total. The van der Waals surface area contributed by atoms with Crippen molar-refractivity contribution in [3.05, 3.63) is 29.8 Å². The molecule has 0 saturated heterocycles. The minimum absolute atomic E-state index is 0.570. The monoisotopic (exact) mass is 245 g/mol. The number of hydrogen-bond acceptors (Lipinski definition) is 2. The molecular weight excluding hydrogens is 222 g/mol. The normalized spacial score (nSPS) is 23.5. The molecule has 1 heterocycles. The number of ether oxygens (including phenoxy) is 1. The van der Waals surface area contributed by atoms with Gasteiger partial charge in [0.25, 0.3) is 0 Å². The molecule has 3 rings (SSSR count). The van der Waals surface area contributed by atoms with Gasteiger partial charge in [0.1, 0.15) is 5.75 Å². The fourth-order valence-electron chi connectivity index (χ4n) is 3.08. The lowest BCUT2D eigenvalue weighted by Crippen LogP contribution is -2.26. The Kier molecular flexibility index (Phi) is 3.29. The average Bonchev–Trinajstić information content (AvgIpc) is 3.04. The first-order chi connectivity index (χ1) is 8.83. The Bertz CT molecular complexity index is 411. The zero-order valence-electron chi connectivity index (χ0n) is 11.2. The van der Waals surface area contributed by atoms with Gasteiger partial charge in [-0.15, -0.1) is 0 Å². The molecule has 0 radical (unpaired) electrons. The molecule has 0 spiro atoms. The van der Waals surface area contributed by atoms with E-state index in [0.717, 1.165) is 18.9 Å². The van der Waals surface area contributed by atoms with Crippen molar-refractivity contribution in [1.82, 2.24) is 5.32 Å². The maximum atomic E-state index is 5.79. The molecule has 0 bridgehead atoms. The summed E-state index contributed by atoms with van der Waals surface area (Å²) in [6.45, 7) is 5.46. The number of fused-ring (bicyclic) bond motifs is 1. The number of hydrogen-bond donors (Lipinski definition) is 1. The predicted molar refractivity (Wildman–Crippen MR) is 74.1 cm³/mol. The van der Waals surface area contributed by atoms with E-state index in [-0.39, 0.29) is 0 Å². The number of para-hydroxylation sites is 1. The molecule has 18 heavy (non-hydrogen) atoms. The Morgan fingerprint density at radius 1 is 1.33 bits per heavy atom. The van der Waals surface area contributed by atoms with E-state index >= 15 is 0 Å². The Hall–Kier alpha value is -1.02. The summed E-state index contributed by atoms with van der Waals surface area (Å²) in [6, 6.07) is 8.54. The summed E-state index contributed by atoms with van der Waals surface area (Å²) in [4.78, 5) is 0. The Morgan fingerprint density at radius 2 is 2.17 bits per heavy atom. The maximum Gasteiger partial charge on any atom is 0.122 e. The quantitative estimate of drug-likeness (QED) is 0.776. The van der Waals surface area contributed by atoms with Crippen molar-refractivity contribution in [2.24, 2.45) is 5.41 Å². The van der Waals surface area contributed by atoms with Crippen LogP contribution in [0.3, 0.4) is 0 Å². The molecule has 2 aliphatic rings. The molecule has 1 aliphatic carbocycles. The first-order valence-electron chi connectivity index (χ1n) is 7.25. The number of nitrogens with one attached hydrogen (secondary N) is 1. The molecule has 1 atom stereocenters. The van der Waals surface area contributed by atoms with Crippen LogP contribution >= 0.6 is 0 Å². The summed E-state index contributed by atoms with van der Waals surface area (Å²) in [5.74, 6) is 1.73.